The molecule has 2 aromatic carbocycles. The topological polar surface area (TPSA) is 81.4 Å². The number of amides is 2. The van der Waals surface area contributed by atoms with Gasteiger partial charge < -0.3 is 15.8 Å². The van der Waals surface area contributed by atoms with E-state index in [0.717, 1.165) is 12.1 Å². The highest BCUT2D eigenvalue weighted by Gasteiger charge is 2.31. The van der Waals surface area contributed by atoms with Crippen LogP contribution in [0.1, 0.15) is 34.0 Å². The number of ether oxygens (including phenoxy) is 1. The van der Waals surface area contributed by atoms with Crippen LogP contribution in [0.4, 0.5) is 19.3 Å². The molecule has 1 aliphatic carbocycles. The Kier molecular flexibility index (Phi) is 4.16. The summed E-state index contributed by atoms with van der Waals surface area (Å²) < 4.78 is 33.0. The van der Waals surface area contributed by atoms with E-state index in [9.17, 15) is 18.4 Å². The molecule has 0 saturated heterocycles. The molecule has 0 aromatic heterocycles. The standard InChI is InChI=1S/C17H14F2N2O3/c18-12-5-6-13(19)15-11(12)4-7-14(15)24-16(22)9-2-1-3-10(8-9)21-17(20)23/h1-3,5-6,8,14H,4,7H2,(H3,20,21,23)/t14-/m1/s1. The van der Waals surface area contributed by atoms with E-state index in [1.165, 1.54) is 12.1 Å². The van der Waals surface area contributed by atoms with Crippen LogP contribution in [0.15, 0.2) is 36.4 Å². The second kappa shape index (κ2) is 6.27. The minimum atomic E-state index is -0.837. The molecule has 2 aromatic rings. The summed E-state index contributed by atoms with van der Waals surface area (Å²) in [7, 11) is 0. The Morgan fingerprint density at radius 2 is 1.92 bits per heavy atom. The minimum Gasteiger partial charge on any atom is -0.454 e. The number of urea groups is 1. The summed E-state index contributed by atoms with van der Waals surface area (Å²) in [4.78, 5) is 23.1. The first-order valence-electron chi connectivity index (χ1n) is 7.30. The zero-order valence-corrected chi connectivity index (χ0v) is 12.5. The Balaban J connectivity index is 1.80. The van der Waals surface area contributed by atoms with Gasteiger partial charge in [-0.25, -0.2) is 18.4 Å². The Labute approximate surface area is 136 Å². The average Bonchev–Trinajstić information content (AvgIpc) is 2.95. The van der Waals surface area contributed by atoms with Crippen LogP contribution in [-0.2, 0) is 11.2 Å². The number of nitrogens with one attached hydrogen (secondary N) is 1. The summed E-state index contributed by atoms with van der Waals surface area (Å²) in [5, 5.41) is 2.35. The average molecular weight is 332 g/mol. The van der Waals surface area contributed by atoms with Crippen molar-refractivity contribution in [1.29, 1.82) is 0 Å². The molecule has 0 saturated carbocycles. The number of fused-ring (bicyclic) bond motifs is 1. The molecule has 1 aliphatic rings. The SMILES string of the molecule is NC(=O)Nc1cccc(C(=O)O[C@@H]2CCc3c(F)ccc(F)c32)c1. The zero-order chi connectivity index (χ0) is 17.3. The lowest BCUT2D eigenvalue weighted by molar-refractivity contribution is 0.0294. The molecule has 124 valence electrons. The lowest BCUT2D eigenvalue weighted by Gasteiger charge is -2.14. The molecule has 0 radical (unpaired) electrons. The van der Waals surface area contributed by atoms with Crippen LogP contribution >= 0.6 is 0 Å². The fourth-order valence-electron chi connectivity index (χ4n) is 2.81. The molecule has 24 heavy (non-hydrogen) atoms. The van der Waals surface area contributed by atoms with Gasteiger partial charge >= 0.3 is 12.0 Å². The summed E-state index contributed by atoms with van der Waals surface area (Å²) >= 11 is 0. The Bertz CT molecular complexity index is 823. The van der Waals surface area contributed by atoms with Crippen LogP contribution in [-0.4, -0.2) is 12.0 Å². The Morgan fingerprint density at radius 1 is 1.17 bits per heavy atom. The van der Waals surface area contributed by atoms with Crippen molar-refractivity contribution in [2.24, 2.45) is 5.73 Å². The molecule has 2 amide bonds. The largest absolute Gasteiger partial charge is 0.454 e. The number of halogens is 2. The van der Waals surface area contributed by atoms with Crippen LogP contribution in [0.2, 0.25) is 0 Å². The molecule has 0 unspecified atom stereocenters. The van der Waals surface area contributed by atoms with Gasteiger partial charge in [0, 0.05) is 11.3 Å². The summed E-state index contributed by atoms with van der Waals surface area (Å²) in [5.41, 5.74) is 5.87. The predicted octanol–water partition coefficient (Wildman–Crippen LogP) is 3.30. The van der Waals surface area contributed by atoms with Gasteiger partial charge in [-0.3, -0.25) is 0 Å². The molecule has 0 fully saturated rings. The fraction of sp³-hybridized carbons (Fsp3) is 0.176. The summed E-state index contributed by atoms with van der Waals surface area (Å²) in [6, 6.07) is 7.32. The lowest BCUT2D eigenvalue weighted by atomic mass is 10.1. The van der Waals surface area contributed by atoms with Crippen LogP contribution in [0.5, 0.6) is 0 Å². The molecule has 5 nitrogen and oxygen atoms in total. The fourth-order valence-corrected chi connectivity index (χ4v) is 2.81. The van der Waals surface area contributed by atoms with E-state index in [-0.39, 0.29) is 16.7 Å². The van der Waals surface area contributed by atoms with Crippen LogP contribution in [0.25, 0.3) is 0 Å². The van der Waals surface area contributed by atoms with Crippen molar-refractivity contribution >= 4 is 17.7 Å². The number of nitrogens with two attached hydrogens (primary N) is 1. The number of primary amides is 1. The third-order valence-corrected chi connectivity index (χ3v) is 3.84. The number of carbonyl (C=O) groups excluding carboxylic acids is 2. The molecule has 0 heterocycles. The van der Waals surface area contributed by atoms with E-state index in [1.54, 1.807) is 12.1 Å². The quantitative estimate of drug-likeness (QED) is 0.846. The zero-order valence-electron chi connectivity index (χ0n) is 12.5. The summed E-state index contributed by atoms with van der Waals surface area (Å²) in [5.74, 6) is -1.78. The normalized spacial score (nSPS) is 15.7. The van der Waals surface area contributed by atoms with Crippen molar-refractivity contribution in [1.82, 2.24) is 0 Å². The van der Waals surface area contributed by atoms with Gasteiger partial charge in [-0.05, 0) is 48.7 Å². The highest BCUT2D eigenvalue weighted by Crippen LogP contribution is 2.37. The van der Waals surface area contributed by atoms with Crippen molar-refractivity contribution in [3.8, 4) is 0 Å². The number of rotatable bonds is 3. The molecule has 3 N–H and O–H groups in total. The molecule has 0 bridgehead atoms. The van der Waals surface area contributed by atoms with Gasteiger partial charge in [0.05, 0.1) is 5.56 Å². The van der Waals surface area contributed by atoms with Crippen LogP contribution in [0.3, 0.4) is 0 Å². The summed E-state index contributed by atoms with van der Waals surface area (Å²) in [6.45, 7) is 0. The third-order valence-electron chi connectivity index (χ3n) is 3.84. The van der Waals surface area contributed by atoms with E-state index in [4.69, 9.17) is 10.5 Å². The first-order valence-corrected chi connectivity index (χ1v) is 7.30. The van der Waals surface area contributed by atoms with Gasteiger partial charge in [0.25, 0.3) is 0 Å². The van der Waals surface area contributed by atoms with Gasteiger partial charge in [0.15, 0.2) is 0 Å². The highest BCUT2D eigenvalue weighted by atomic mass is 19.1. The molecular formula is C17H14F2N2O3. The highest BCUT2D eigenvalue weighted by molar-refractivity contribution is 5.93. The maximum absolute atomic E-state index is 14.0. The Morgan fingerprint density at radius 3 is 2.67 bits per heavy atom. The number of carbonyl (C=O) groups is 2. The second-order valence-electron chi connectivity index (χ2n) is 5.42. The number of hydrogen-bond acceptors (Lipinski definition) is 3. The molecule has 0 aliphatic heterocycles. The number of anilines is 1. The maximum Gasteiger partial charge on any atom is 0.338 e. The lowest BCUT2D eigenvalue weighted by Crippen LogP contribution is -2.19. The van der Waals surface area contributed by atoms with Crippen molar-refractivity contribution in [2.45, 2.75) is 18.9 Å². The van der Waals surface area contributed by atoms with Gasteiger partial charge in [-0.15, -0.1) is 0 Å². The van der Waals surface area contributed by atoms with Crippen LogP contribution in [0, 0.1) is 11.6 Å². The number of esters is 1. The molecule has 3 rings (SSSR count). The maximum atomic E-state index is 14.0. The molecule has 7 heteroatoms. The first-order chi connectivity index (χ1) is 11.5. The molecular weight excluding hydrogens is 318 g/mol. The van der Waals surface area contributed by atoms with E-state index in [0.29, 0.717) is 18.5 Å². The van der Waals surface area contributed by atoms with E-state index < -0.39 is 29.7 Å². The first kappa shape index (κ1) is 15.9. The molecule has 1 atom stereocenters. The van der Waals surface area contributed by atoms with Gasteiger partial charge in [0.1, 0.15) is 17.7 Å². The predicted molar refractivity (Wildman–Crippen MR) is 82.5 cm³/mol. The van der Waals surface area contributed by atoms with Crippen molar-refractivity contribution in [2.75, 3.05) is 5.32 Å². The van der Waals surface area contributed by atoms with Crippen LogP contribution < -0.4 is 11.1 Å². The second-order valence-corrected chi connectivity index (χ2v) is 5.42. The number of hydrogen-bond donors (Lipinski definition) is 2. The van der Waals surface area contributed by atoms with Gasteiger partial charge in [0.2, 0.25) is 0 Å². The minimum absolute atomic E-state index is 0.0924. The molecule has 0 spiro atoms. The number of benzene rings is 2. The summed E-state index contributed by atoms with van der Waals surface area (Å²) in [6.07, 6.45) is -0.214. The van der Waals surface area contributed by atoms with Crippen molar-refractivity contribution in [3.63, 3.8) is 0 Å². The Hall–Kier alpha value is -2.96. The van der Waals surface area contributed by atoms with E-state index in [1.807, 2.05) is 0 Å². The third kappa shape index (κ3) is 3.05. The van der Waals surface area contributed by atoms with E-state index in [2.05, 4.69) is 5.32 Å². The van der Waals surface area contributed by atoms with E-state index >= 15 is 0 Å². The van der Waals surface area contributed by atoms with Gasteiger partial charge in [-0.2, -0.15) is 0 Å². The van der Waals surface area contributed by atoms with Crippen molar-refractivity contribution < 1.29 is 23.1 Å². The monoisotopic (exact) mass is 332 g/mol. The van der Waals surface area contributed by atoms with Gasteiger partial charge in [-0.1, -0.05) is 6.07 Å². The smallest absolute Gasteiger partial charge is 0.338 e. The van der Waals surface area contributed by atoms with Crippen molar-refractivity contribution in [3.05, 3.63) is 64.7 Å².